The molecule has 0 spiro atoms. The summed E-state index contributed by atoms with van der Waals surface area (Å²) in [5.74, 6) is 1.18. The minimum atomic E-state index is -0.232. The Bertz CT molecular complexity index is 1010. The number of benzene rings is 2. The normalized spacial score (nSPS) is 10.5. The third-order valence-electron chi connectivity index (χ3n) is 4.47. The Morgan fingerprint density at radius 1 is 1.00 bits per heavy atom. The average Bonchev–Trinajstić information content (AvgIpc) is 3.12. The third kappa shape index (κ3) is 5.45. The van der Waals surface area contributed by atoms with Crippen molar-refractivity contribution in [2.75, 3.05) is 19.0 Å². The zero-order valence-electron chi connectivity index (χ0n) is 17.2. The van der Waals surface area contributed by atoms with Gasteiger partial charge < -0.3 is 14.8 Å². The van der Waals surface area contributed by atoms with Gasteiger partial charge in [0.05, 0.1) is 19.4 Å². The van der Waals surface area contributed by atoms with E-state index in [0.29, 0.717) is 17.3 Å². The lowest BCUT2D eigenvalue weighted by Gasteiger charge is -2.05. The summed E-state index contributed by atoms with van der Waals surface area (Å²) >= 11 is 1.41. The number of carbonyl (C=O) groups excluding carboxylic acids is 2. The fourth-order valence-corrected chi connectivity index (χ4v) is 3.78. The first-order chi connectivity index (χ1) is 14.5. The quantitative estimate of drug-likeness (QED) is 0.482. The molecule has 7 heteroatoms. The first-order valence-corrected chi connectivity index (χ1v) is 10.5. The minimum absolute atomic E-state index is 0.0811. The molecule has 0 aliphatic rings. The Labute approximate surface area is 179 Å². The SMILES string of the molecule is CCOc1ccc(C(=O)CCC(=O)Nc2nc(-c3ccc(OC)cc3)c(C)s2)cc1. The van der Waals surface area contributed by atoms with E-state index >= 15 is 0 Å². The van der Waals surface area contributed by atoms with E-state index in [4.69, 9.17) is 9.47 Å². The van der Waals surface area contributed by atoms with E-state index in [2.05, 4.69) is 10.3 Å². The van der Waals surface area contributed by atoms with Gasteiger partial charge in [0.15, 0.2) is 10.9 Å². The van der Waals surface area contributed by atoms with Crippen molar-refractivity contribution in [2.45, 2.75) is 26.7 Å². The van der Waals surface area contributed by atoms with Crippen LogP contribution in [0.15, 0.2) is 48.5 Å². The zero-order valence-corrected chi connectivity index (χ0v) is 18.0. The highest BCUT2D eigenvalue weighted by Crippen LogP contribution is 2.31. The molecule has 0 atom stereocenters. The van der Waals surface area contributed by atoms with Crippen LogP contribution in [0.2, 0.25) is 0 Å². The summed E-state index contributed by atoms with van der Waals surface area (Å²) in [4.78, 5) is 30.2. The lowest BCUT2D eigenvalue weighted by molar-refractivity contribution is -0.116. The molecule has 1 amide bonds. The van der Waals surface area contributed by atoms with E-state index in [1.165, 1.54) is 11.3 Å². The maximum atomic E-state index is 12.3. The Kier molecular flexibility index (Phi) is 7.19. The summed E-state index contributed by atoms with van der Waals surface area (Å²) in [7, 11) is 1.62. The van der Waals surface area contributed by atoms with Crippen LogP contribution in [0.5, 0.6) is 11.5 Å². The van der Waals surface area contributed by atoms with Crippen molar-refractivity contribution in [2.24, 2.45) is 0 Å². The molecule has 3 rings (SSSR count). The van der Waals surface area contributed by atoms with Gasteiger partial charge in [0.1, 0.15) is 11.5 Å². The number of aromatic nitrogens is 1. The molecule has 1 aromatic heterocycles. The molecule has 0 fully saturated rings. The van der Waals surface area contributed by atoms with Gasteiger partial charge in [0.2, 0.25) is 5.91 Å². The Morgan fingerprint density at radius 2 is 1.67 bits per heavy atom. The standard InChI is InChI=1S/C23H24N2O4S/c1-4-29-19-11-5-16(6-12-19)20(26)13-14-21(27)24-23-25-22(15(2)30-23)17-7-9-18(28-3)10-8-17/h5-12H,4,13-14H2,1-3H3,(H,24,25,27). The highest BCUT2D eigenvalue weighted by molar-refractivity contribution is 7.16. The Balaban J connectivity index is 1.56. The van der Waals surface area contributed by atoms with Gasteiger partial charge in [-0.1, -0.05) is 0 Å². The van der Waals surface area contributed by atoms with Gasteiger partial charge in [0.25, 0.3) is 0 Å². The van der Waals surface area contributed by atoms with Crippen molar-refractivity contribution in [1.29, 1.82) is 0 Å². The van der Waals surface area contributed by atoms with Crippen LogP contribution in [-0.2, 0) is 4.79 Å². The van der Waals surface area contributed by atoms with Crippen LogP contribution in [0.3, 0.4) is 0 Å². The van der Waals surface area contributed by atoms with Crippen molar-refractivity contribution in [1.82, 2.24) is 4.98 Å². The van der Waals surface area contributed by atoms with Crippen molar-refractivity contribution in [3.63, 3.8) is 0 Å². The lowest BCUT2D eigenvalue weighted by atomic mass is 10.1. The summed E-state index contributed by atoms with van der Waals surface area (Å²) in [6.45, 7) is 4.44. The van der Waals surface area contributed by atoms with Crippen LogP contribution >= 0.6 is 11.3 Å². The predicted molar refractivity (Wildman–Crippen MR) is 119 cm³/mol. The molecule has 3 aromatic rings. The van der Waals surface area contributed by atoms with Crippen LogP contribution in [0.25, 0.3) is 11.3 Å². The molecule has 1 N–H and O–H groups in total. The molecule has 0 bridgehead atoms. The molecule has 156 valence electrons. The van der Waals surface area contributed by atoms with Crippen molar-refractivity contribution in [3.8, 4) is 22.8 Å². The molecule has 2 aromatic carbocycles. The van der Waals surface area contributed by atoms with Gasteiger partial charge in [-0.05, 0) is 62.4 Å². The van der Waals surface area contributed by atoms with Gasteiger partial charge in [-0.15, -0.1) is 11.3 Å². The number of nitrogens with one attached hydrogen (secondary N) is 1. The van der Waals surface area contributed by atoms with E-state index in [1.54, 1.807) is 31.4 Å². The van der Waals surface area contributed by atoms with E-state index in [1.807, 2.05) is 38.1 Å². The molecule has 0 saturated heterocycles. The number of carbonyl (C=O) groups is 2. The molecular weight excluding hydrogens is 400 g/mol. The fraction of sp³-hybridized carbons (Fsp3) is 0.261. The van der Waals surface area contributed by atoms with Crippen molar-refractivity contribution in [3.05, 3.63) is 59.0 Å². The zero-order chi connectivity index (χ0) is 21.5. The van der Waals surface area contributed by atoms with Crippen LogP contribution < -0.4 is 14.8 Å². The summed E-state index contributed by atoms with van der Waals surface area (Å²) < 4.78 is 10.6. The summed E-state index contributed by atoms with van der Waals surface area (Å²) in [5.41, 5.74) is 2.34. The molecule has 0 aliphatic heterocycles. The van der Waals surface area contributed by atoms with Gasteiger partial charge in [-0.3, -0.25) is 9.59 Å². The molecule has 0 radical (unpaired) electrons. The number of anilines is 1. The number of Topliss-reactive ketones (excluding diaryl/α,β-unsaturated/α-hetero) is 1. The smallest absolute Gasteiger partial charge is 0.226 e. The number of methoxy groups -OCH3 is 1. The summed E-state index contributed by atoms with van der Waals surface area (Å²) in [5, 5.41) is 3.32. The van der Waals surface area contributed by atoms with Gasteiger partial charge >= 0.3 is 0 Å². The first-order valence-electron chi connectivity index (χ1n) is 9.68. The number of hydrogen-bond acceptors (Lipinski definition) is 6. The monoisotopic (exact) mass is 424 g/mol. The second-order valence-corrected chi connectivity index (χ2v) is 7.78. The highest BCUT2D eigenvalue weighted by atomic mass is 32.1. The first kappa shape index (κ1) is 21.5. The maximum absolute atomic E-state index is 12.3. The molecule has 0 aliphatic carbocycles. The topological polar surface area (TPSA) is 77.5 Å². The molecule has 0 saturated carbocycles. The maximum Gasteiger partial charge on any atom is 0.226 e. The molecular formula is C23H24N2O4S. The number of hydrogen-bond donors (Lipinski definition) is 1. The number of ketones is 1. The number of aryl methyl sites for hydroxylation is 1. The molecule has 0 unspecified atom stereocenters. The highest BCUT2D eigenvalue weighted by Gasteiger charge is 2.14. The van der Waals surface area contributed by atoms with Gasteiger partial charge in [-0.2, -0.15) is 0 Å². The number of amides is 1. The molecule has 6 nitrogen and oxygen atoms in total. The van der Waals surface area contributed by atoms with Crippen LogP contribution in [0.4, 0.5) is 5.13 Å². The fourth-order valence-electron chi connectivity index (χ4n) is 2.92. The summed E-state index contributed by atoms with van der Waals surface area (Å²) in [6.07, 6.45) is 0.234. The van der Waals surface area contributed by atoms with Gasteiger partial charge in [0, 0.05) is 28.8 Å². The number of thiazole rings is 1. The number of rotatable bonds is 9. The second kappa shape index (κ2) is 10.0. The molecule has 1 heterocycles. The summed E-state index contributed by atoms with van der Waals surface area (Å²) in [6, 6.07) is 14.6. The third-order valence-corrected chi connectivity index (χ3v) is 5.36. The second-order valence-electron chi connectivity index (χ2n) is 6.58. The number of ether oxygens (including phenoxy) is 2. The van der Waals surface area contributed by atoms with Gasteiger partial charge in [-0.25, -0.2) is 4.98 Å². The van der Waals surface area contributed by atoms with Crippen molar-refractivity contribution < 1.29 is 19.1 Å². The van der Waals surface area contributed by atoms with E-state index in [0.717, 1.165) is 27.6 Å². The minimum Gasteiger partial charge on any atom is -0.497 e. The van der Waals surface area contributed by atoms with Crippen LogP contribution in [0, 0.1) is 6.92 Å². The average molecular weight is 425 g/mol. The number of nitrogens with zero attached hydrogens (tertiary/aromatic N) is 1. The van der Waals surface area contributed by atoms with Crippen LogP contribution in [0.1, 0.15) is 35.0 Å². The van der Waals surface area contributed by atoms with Crippen molar-refractivity contribution >= 4 is 28.2 Å². The van der Waals surface area contributed by atoms with E-state index in [-0.39, 0.29) is 24.5 Å². The van der Waals surface area contributed by atoms with E-state index in [9.17, 15) is 9.59 Å². The predicted octanol–water partition coefficient (Wildman–Crippen LogP) is 5.13. The Morgan fingerprint density at radius 3 is 2.30 bits per heavy atom. The largest absolute Gasteiger partial charge is 0.497 e. The Hall–Kier alpha value is -3.19. The molecule has 30 heavy (non-hydrogen) atoms. The lowest BCUT2D eigenvalue weighted by Crippen LogP contribution is -2.13. The van der Waals surface area contributed by atoms with E-state index < -0.39 is 0 Å². The van der Waals surface area contributed by atoms with Crippen LogP contribution in [-0.4, -0.2) is 30.4 Å².